The summed E-state index contributed by atoms with van der Waals surface area (Å²) in [5, 5.41) is 8.33. The monoisotopic (exact) mass is 191 g/mol. The molecule has 14 heavy (non-hydrogen) atoms. The van der Waals surface area contributed by atoms with Crippen molar-refractivity contribution in [1.82, 2.24) is 14.9 Å². The van der Waals surface area contributed by atoms with Gasteiger partial charge >= 0.3 is 0 Å². The summed E-state index contributed by atoms with van der Waals surface area (Å²) in [6, 6.07) is 3.91. The Morgan fingerprint density at radius 3 is 2.57 bits per heavy atom. The van der Waals surface area contributed by atoms with Crippen LogP contribution in [0, 0.1) is 13.8 Å². The van der Waals surface area contributed by atoms with Crippen LogP contribution in [0.25, 0.3) is 11.4 Å². The number of nitrogens with zero attached hydrogens (tertiary/aromatic N) is 3. The molecule has 2 heterocycles. The van der Waals surface area contributed by atoms with Crippen molar-refractivity contribution in [3.8, 4) is 11.4 Å². The van der Waals surface area contributed by atoms with Crippen LogP contribution in [0.15, 0.2) is 16.7 Å². The second-order valence-electron chi connectivity index (χ2n) is 3.31. The van der Waals surface area contributed by atoms with Gasteiger partial charge < -0.3 is 4.52 Å². The molecule has 2 aromatic rings. The van der Waals surface area contributed by atoms with E-state index < -0.39 is 0 Å². The van der Waals surface area contributed by atoms with Gasteiger partial charge in [0.15, 0.2) is 0 Å². The first-order chi connectivity index (χ1) is 6.70. The highest BCUT2D eigenvalue weighted by Gasteiger charge is 2.08. The van der Waals surface area contributed by atoms with Crippen molar-refractivity contribution >= 4 is 0 Å². The van der Waals surface area contributed by atoms with E-state index in [9.17, 15) is 0 Å². The van der Waals surface area contributed by atoms with Gasteiger partial charge in [-0.25, -0.2) is 0 Å². The molecule has 0 aliphatic heterocycles. The molecule has 0 aromatic carbocycles. The molecule has 0 aliphatic carbocycles. The maximum atomic E-state index is 5.00. The van der Waals surface area contributed by atoms with Gasteiger partial charge in [-0.3, -0.25) is 4.68 Å². The van der Waals surface area contributed by atoms with Crippen molar-refractivity contribution in [1.29, 1.82) is 0 Å². The molecule has 0 saturated heterocycles. The van der Waals surface area contributed by atoms with E-state index in [1.165, 1.54) is 0 Å². The van der Waals surface area contributed by atoms with E-state index in [0.29, 0.717) is 0 Å². The van der Waals surface area contributed by atoms with Gasteiger partial charge in [0, 0.05) is 18.3 Å². The van der Waals surface area contributed by atoms with Crippen LogP contribution in [-0.2, 0) is 6.54 Å². The topological polar surface area (TPSA) is 43.9 Å². The third-order valence-electron chi connectivity index (χ3n) is 2.17. The molecule has 2 rings (SSSR count). The molecule has 0 N–H and O–H groups in total. The van der Waals surface area contributed by atoms with E-state index in [0.717, 1.165) is 29.4 Å². The average Bonchev–Trinajstić information content (AvgIpc) is 2.71. The Bertz CT molecular complexity index is 442. The Labute approximate surface area is 82.5 Å². The molecule has 0 amide bonds. The van der Waals surface area contributed by atoms with Crippen molar-refractivity contribution in [2.24, 2.45) is 0 Å². The molecule has 0 saturated carbocycles. The van der Waals surface area contributed by atoms with Gasteiger partial charge in [0.05, 0.1) is 0 Å². The highest BCUT2D eigenvalue weighted by molar-refractivity contribution is 5.53. The van der Waals surface area contributed by atoms with Crippen LogP contribution in [0.1, 0.15) is 18.4 Å². The summed E-state index contributed by atoms with van der Waals surface area (Å²) in [5.74, 6) is 0.809. The number of hydrogen-bond acceptors (Lipinski definition) is 3. The molecule has 4 heteroatoms. The van der Waals surface area contributed by atoms with Gasteiger partial charge in [0.2, 0.25) is 0 Å². The maximum Gasteiger partial charge on any atom is 0.134 e. The van der Waals surface area contributed by atoms with E-state index in [4.69, 9.17) is 4.52 Å². The van der Waals surface area contributed by atoms with E-state index in [2.05, 4.69) is 17.2 Å². The normalized spacial score (nSPS) is 10.8. The van der Waals surface area contributed by atoms with Crippen LogP contribution >= 0.6 is 0 Å². The minimum absolute atomic E-state index is 0.804. The van der Waals surface area contributed by atoms with E-state index >= 15 is 0 Å². The number of rotatable bonds is 2. The molecule has 0 spiro atoms. The van der Waals surface area contributed by atoms with Crippen molar-refractivity contribution in [3.05, 3.63) is 23.6 Å². The summed E-state index contributed by atoms with van der Waals surface area (Å²) >= 11 is 0. The highest BCUT2D eigenvalue weighted by Crippen LogP contribution is 2.18. The molecule has 0 aliphatic rings. The Balaban J connectivity index is 2.42. The lowest BCUT2D eigenvalue weighted by Crippen LogP contribution is -1.98. The highest BCUT2D eigenvalue weighted by atomic mass is 16.5. The quantitative estimate of drug-likeness (QED) is 0.730. The predicted octanol–water partition coefficient (Wildman–Crippen LogP) is 2.17. The fourth-order valence-electron chi connectivity index (χ4n) is 1.44. The molecule has 2 aromatic heterocycles. The SMILES string of the molecule is CCn1nc(-c2cc(C)on2)cc1C. The molecular weight excluding hydrogens is 178 g/mol. The third-order valence-corrected chi connectivity index (χ3v) is 2.17. The zero-order valence-electron chi connectivity index (χ0n) is 8.61. The summed E-state index contributed by atoms with van der Waals surface area (Å²) in [6.07, 6.45) is 0. The number of hydrogen-bond donors (Lipinski definition) is 0. The Morgan fingerprint density at radius 2 is 2.07 bits per heavy atom. The first-order valence-corrected chi connectivity index (χ1v) is 4.69. The largest absolute Gasteiger partial charge is 0.361 e. The molecule has 0 atom stereocenters. The summed E-state index contributed by atoms with van der Waals surface area (Å²) in [4.78, 5) is 0. The zero-order valence-corrected chi connectivity index (χ0v) is 8.61. The number of aryl methyl sites for hydroxylation is 3. The Morgan fingerprint density at radius 1 is 1.29 bits per heavy atom. The zero-order chi connectivity index (χ0) is 10.1. The molecule has 0 fully saturated rings. The van der Waals surface area contributed by atoms with Crippen molar-refractivity contribution < 1.29 is 4.52 Å². The van der Waals surface area contributed by atoms with Gasteiger partial charge in [-0.15, -0.1) is 0 Å². The molecule has 0 radical (unpaired) electrons. The van der Waals surface area contributed by atoms with Gasteiger partial charge in [0.1, 0.15) is 17.1 Å². The lowest BCUT2D eigenvalue weighted by Gasteiger charge is -1.95. The van der Waals surface area contributed by atoms with Gasteiger partial charge in [-0.2, -0.15) is 5.10 Å². The van der Waals surface area contributed by atoms with Gasteiger partial charge in [-0.1, -0.05) is 5.16 Å². The fourth-order valence-corrected chi connectivity index (χ4v) is 1.44. The van der Waals surface area contributed by atoms with E-state index in [-0.39, 0.29) is 0 Å². The van der Waals surface area contributed by atoms with Crippen molar-refractivity contribution in [3.63, 3.8) is 0 Å². The maximum absolute atomic E-state index is 5.00. The van der Waals surface area contributed by atoms with E-state index in [1.54, 1.807) is 0 Å². The predicted molar refractivity (Wildman–Crippen MR) is 52.9 cm³/mol. The standard InChI is InChI=1S/C10H13N3O/c1-4-13-7(2)5-9(11-13)10-6-8(3)14-12-10/h5-6H,4H2,1-3H3. The molecular formula is C10H13N3O. The Kier molecular flexibility index (Phi) is 2.11. The average molecular weight is 191 g/mol. The third kappa shape index (κ3) is 1.43. The van der Waals surface area contributed by atoms with Gasteiger partial charge in [-0.05, 0) is 26.8 Å². The molecule has 0 bridgehead atoms. The fraction of sp³-hybridized carbons (Fsp3) is 0.400. The summed E-state index contributed by atoms with van der Waals surface area (Å²) in [6.45, 7) is 6.85. The second kappa shape index (κ2) is 3.29. The summed E-state index contributed by atoms with van der Waals surface area (Å²) < 4.78 is 6.95. The van der Waals surface area contributed by atoms with Gasteiger partial charge in [0.25, 0.3) is 0 Å². The lowest BCUT2D eigenvalue weighted by molar-refractivity contribution is 0.399. The molecule has 74 valence electrons. The second-order valence-corrected chi connectivity index (χ2v) is 3.31. The summed E-state index contributed by atoms with van der Waals surface area (Å²) in [7, 11) is 0. The smallest absolute Gasteiger partial charge is 0.134 e. The van der Waals surface area contributed by atoms with Crippen LogP contribution in [-0.4, -0.2) is 14.9 Å². The van der Waals surface area contributed by atoms with E-state index in [1.807, 2.05) is 30.7 Å². The number of aromatic nitrogens is 3. The molecule has 0 unspecified atom stereocenters. The minimum atomic E-state index is 0.804. The summed E-state index contributed by atoms with van der Waals surface area (Å²) in [5.41, 5.74) is 2.82. The molecule has 4 nitrogen and oxygen atoms in total. The van der Waals surface area contributed by atoms with Crippen LogP contribution in [0.3, 0.4) is 0 Å². The Hall–Kier alpha value is -1.58. The van der Waals surface area contributed by atoms with Crippen molar-refractivity contribution in [2.45, 2.75) is 27.3 Å². The lowest BCUT2D eigenvalue weighted by atomic mass is 10.3. The van der Waals surface area contributed by atoms with Crippen LogP contribution < -0.4 is 0 Å². The first-order valence-electron chi connectivity index (χ1n) is 4.69. The first kappa shape index (κ1) is 8.99. The van der Waals surface area contributed by atoms with Crippen LogP contribution in [0.4, 0.5) is 0 Å². The van der Waals surface area contributed by atoms with Crippen LogP contribution in [0.5, 0.6) is 0 Å². The minimum Gasteiger partial charge on any atom is -0.361 e. The van der Waals surface area contributed by atoms with Crippen molar-refractivity contribution in [2.75, 3.05) is 0 Å². The van der Waals surface area contributed by atoms with Crippen LogP contribution in [0.2, 0.25) is 0 Å².